The van der Waals surface area contributed by atoms with Crippen molar-refractivity contribution in [3.63, 3.8) is 0 Å². The number of nitrogen functional groups attached to an aromatic ring is 1. The Balaban J connectivity index is 2.08. The molecule has 0 radical (unpaired) electrons. The van der Waals surface area contributed by atoms with E-state index in [1.807, 2.05) is 6.07 Å². The summed E-state index contributed by atoms with van der Waals surface area (Å²) in [5.74, 6) is 0.762. The molecule has 0 saturated heterocycles. The molecule has 0 spiro atoms. The van der Waals surface area contributed by atoms with Gasteiger partial charge in [-0.25, -0.2) is 4.39 Å². The summed E-state index contributed by atoms with van der Waals surface area (Å²) in [6.45, 7) is 0.442. The van der Waals surface area contributed by atoms with Crippen LogP contribution in [-0.4, -0.2) is 17.1 Å². The normalized spacial score (nSPS) is 10.1. The fourth-order valence-corrected chi connectivity index (χ4v) is 1.48. The highest BCUT2D eigenvalue weighted by molar-refractivity contribution is 5.43. The first-order chi connectivity index (χ1) is 8.67. The third kappa shape index (κ3) is 3.07. The molecule has 6 heteroatoms. The van der Waals surface area contributed by atoms with Crippen LogP contribution < -0.4 is 15.8 Å². The monoisotopic (exact) mass is 248 g/mol. The van der Waals surface area contributed by atoms with Gasteiger partial charge in [0.05, 0.1) is 7.11 Å². The van der Waals surface area contributed by atoms with Crippen LogP contribution in [0.4, 0.5) is 16.2 Å². The number of methoxy groups -OCH3 is 1. The Bertz CT molecular complexity index is 547. The highest BCUT2D eigenvalue weighted by Crippen LogP contribution is 2.15. The van der Waals surface area contributed by atoms with Gasteiger partial charge in [-0.05, 0) is 17.7 Å². The molecule has 0 amide bonds. The Labute approximate surface area is 104 Å². The van der Waals surface area contributed by atoms with Gasteiger partial charge < -0.3 is 15.8 Å². The van der Waals surface area contributed by atoms with Crippen LogP contribution in [0.25, 0.3) is 0 Å². The quantitative estimate of drug-likeness (QED) is 0.863. The molecular formula is C12H13FN4O. The van der Waals surface area contributed by atoms with Gasteiger partial charge in [0.1, 0.15) is 11.6 Å². The number of halogens is 1. The van der Waals surface area contributed by atoms with E-state index >= 15 is 0 Å². The molecule has 0 bridgehead atoms. The standard InChI is InChI=1S/C12H13FN4O/c1-18-11-6-10(16-12(14)17-11)15-7-8-3-2-4-9(13)5-8/h2-6H,7H2,1H3,(H3,14,15,16,17). The van der Waals surface area contributed by atoms with E-state index in [2.05, 4.69) is 15.3 Å². The van der Waals surface area contributed by atoms with E-state index in [1.165, 1.54) is 19.2 Å². The molecule has 5 nitrogen and oxygen atoms in total. The lowest BCUT2D eigenvalue weighted by atomic mass is 10.2. The fourth-order valence-electron chi connectivity index (χ4n) is 1.48. The van der Waals surface area contributed by atoms with Gasteiger partial charge in [0.25, 0.3) is 0 Å². The zero-order chi connectivity index (χ0) is 13.0. The van der Waals surface area contributed by atoms with Crippen LogP contribution in [0.2, 0.25) is 0 Å². The van der Waals surface area contributed by atoms with E-state index in [1.54, 1.807) is 12.1 Å². The maximum absolute atomic E-state index is 13.0. The number of hydrogen-bond acceptors (Lipinski definition) is 5. The van der Waals surface area contributed by atoms with Gasteiger partial charge in [-0.15, -0.1) is 0 Å². The Kier molecular flexibility index (Phi) is 3.57. The molecule has 94 valence electrons. The first-order valence-electron chi connectivity index (χ1n) is 5.34. The predicted molar refractivity (Wildman–Crippen MR) is 66.7 cm³/mol. The van der Waals surface area contributed by atoms with Crippen LogP contribution in [0.15, 0.2) is 30.3 Å². The summed E-state index contributed by atoms with van der Waals surface area (Å²) in [6, 6.07) is 7.94. The maximum Gasteiger partial charge on any atom is 0.225 e. The van der Waals surface area contributed by atoms with Crippen LogP contribution in [0.3, 0.4) is 0 Å². The molecule has 2 aromatic rings. The highest BCUT2D eigenvalue weighted by Gasteiger charge is 2.02. The number of nitrogens with one attached hydrogen (secondary N) is 1. The van der Waals surface area contributed by atoms with Crippen LogP contribution in [-0.2, 0) is 6.54 Å². The van der Waals surface area contributed by atoms with Crippen molar-refractivity contribution in [3.05, 3.63) is 41.7 Å². The van der Waals surface area contributed by atoms with E-state index in [0.717, 1.165) is 5.56 Å². The van der Waals surface area contributed by atoms with Crippen LogP contribution in [0.1, 0.15) is 5.56 Å². The zero-order valence-corrected chi connectivity index (χ0v) is 9.85. The average Bonchev–Trinajstić information content (AvgIpc) is 2.36. The third-order valence-electron chi connectivity index (χ3n) is 2.29. The molecule has 3 N–H and O–H groups in total. The molecule has 0 fully saturated rings. The number of hydrogen-bond donors (Lipinski definition) is 2. The molecule has 0 saturated carbocycles. The zero-order valence-electron chi connectivity index (χ0n) is 9.85. The summed E-state index contributed by atoms with van der Waals surface area (Å²) in [5.41, 5.74) is 6.34. The van der Waals surface area contributed by atoms with Gasteiger partial charge in [0.2, 0.25) is 11.8 Å². The molecule has 0 unspecified atom stereocenters. The number of nitrogens with two attached hydrogens (primary N) is 1. The number of ether oxygens (including phenoxy) is 1. The molecule has 0 aliphatic rings. The smallest absolute Gasteiger partial charge is 0.225 e. The first-order valence-corrected chi connectivity index (χ1v) is 5.34. The minimum atomic E-state index is -0.269. The topological polar surface area (TPSA) is 73.1 Å². The Morgan fingerprint density at radius 2 is 2.17 bits per heavy atom. The Morgan fingerprint density at radius 1 is 1.33 bits per heavy atom. The number of anilines is 2. The van der Waals surface area contributed by atoms with Crippen molar-refractivity contribution in [1.29, 1.82) is 0 Å². The summed E-state index contributed by atoms with van der Waals surface area (Å²) in [6.07, 6.45) is 0. The number of benzene rings is 1. The molecule has 18 heavy (non-hydrogen) atoms. The highest BCUT2D eigenvalue weighted by atomic mass is 19.1. The first kappa shape index (κ1) is 12.1. The summed E-state index contributed by atoms with van der Waals surface area (Å²) < 4.78 is 18.0. The van der Waals surface area contributed by atoms with Gasteiger partial charge in [-0.1, -0.05) is 12.1 Å². The Hall–Kier alpha value is -2.37. The van der Waals surface area contributed by atoms with E-state index in [4.69, 9.17) is 10.5 Å². The summed E-state index contributed by atoms with van der Waals surface area (Å²) in [4.78, 5) is 7.87. The average molecular weight is 248 g/mol. The van der Waals surface area contributed by atoms with Crippen molar-refractivity contribution >= 4 is 11.8 Å². The molecule has 1 heterocycles. The lowest BCUT2D eigenvalue weighted by Gasteiger charge is -2.07. The summed E-state index contributed by atoms with van der Waals surface area (Å²) >= 11 is 0. The maximum atomic E-state index is 13.0. The largest absolute Gasteiger partial charge is 0.481 e. The molecular weight excluding hydrogens is 235 g/mol. The van der Waals surface area contributed by atoms with Crippen molar-refractivity contribution in [1.82, 2.24) is 9.97 Å². The van der Waals surface area contributed by atoms with Crippen LogP contribution in [0.5, 0.6) is 5.88 Å². The van der Waals surface area contributed by atoms with Gasteiger partial charge in [-0.3, -0.25) is 0 Å². The van der Waals surface area contributed by atoms with Crippen molar-refractivity contribution in [2.75, 3.05) is 18.2 Å². The Morgan fingerprint density at radius 3 is 2.89 bits per heavy atom. The number of aromatic nitrogens is 2. The molecule has 2 rings (SSSR count). The van der Waals surface area contributed by atoms with Crippen molar-refractivity contribution < 1.29 is 9.13 Å². The minimum absolute atomic E-state index is 0.121. The SMILES string of the molecule is COc1cc(NCc2cccc(F)c2)nc(N)n1. The van der Waals surface area contributed by atoms with Gasteiger partial charge in [0, 0.05) is 12.6 Å². The second-order valence-corrected chi connectivity index (χ2v) is 3.64. The van der Waals surface area contributed by atoms with Crippen LogP contribution in [0, 0.1) is 5.82 Å². The van der Waals surface area contributed by atoms with E-state index in [9.17, 15) is 4.39 Å². The lowest BCUT2D eigenvalue weighted by molar-refractivity contribution is 0.398. The van der Waals surface area contributed by atoms with Gasteiger partial charge in [-0.2, -0.15) is 9.97 Å². The third-order valence-corrected chi connectivity index (χ3v) is 2.29. The second kappa shape index (κ2) is 5.31. The second-order valence-electron chi connectivity index (χ2n) is 3.64. The van der Waals surface area contributed by atoms with E-state index in [-0.39, 0.29) is 11.8 Å². The van der Waals surface area contributed by atoms with Gasteiger partial charge in [0.15, 0.2) is 0 Å². The minimum Gasteiger partial charge on any atom is -0.481 e. The van der Waals surface area contributed by atoms with E-state index < -0.39 is 0 Å². The van der Waals surface area contributed by atoms with Crippen LogP contribution >= 0.6 is 0 Å². The van der Waals surface area contributed by atoms with E-state index in [0.29, 0.717) is 18.2 Å². The number of nitrogens with zero attached hydrogens (tertiary/aromatic N) is 2. The predicted octanol–water partition coefficient (Wildman–Crippen LogP) is 1.82. The fraction of sp³-hybridized carbons (Fsp3) is 0.167. The van der Waals surface area contributed by atoms with Crippen molar-refractivity contribution in [2.24, 2.45) is 0 Å². The van der Waals surface area contributed by atoms with Gasteiger partial charge >= 0.3 is 0 Å². The molecule has 0 atom stereocenters. The molecule has 1 aromatic heterocycles. The molecule has 0 aliphatic heterocycles. The van der Waals surface area contributed by atoms with Crippen molar-refractivity contribution in [3.8, 4) is 5.88 Å². The molecule has 0 aliphatic carbocycles. The van der Waals surface area contributed by atoms with Crippen molar-refractivity contribution in [2.45, 2.75) is 6.54 Å². The summed E-state index contributed by atoms with van der Waals surface area (Å²) in [7, 11) is 1.50. The summed E-state index contributed by atoms with van der Waals surface area (Å²) in [5, 5.41) is 3.03. The molecule has 1 aromatic carbocycles. The lowest BCUT2D eigenvalue weighted by Crippen LogP contribution is -2.05. The number of rotatable bonds is 4.